The zero-order valence-electron chi connectivity index (χ0n) is 16.1. The van der Waals surface area contributed by atoms with Crippen LogP contribution in [0.5, 0.6) is 0 Å². The highest BCUT2D eigenvalue weighted by molar-refractivity contribution is 6.11. The number of rotatable bonds is 6. The van der Waals surface area contributed by atoms with Crippen LogP contribution in [0.3, 0.4) is 0 Å². The highest BCUT2D eigenvalue weighted by atomic mass is 19.4. The summed E-state index contributed by atoms with van der Waals surface area (Å²) in [5.41, 5.74) is 2.60. The van der Waals surface area contributed by atoms with Crippen molar-refractivity contribution in [2.75, 3.05) is 0 Å². The van der Waals surface area contributed by atoms with E-state index in [1.165, 1.54) is 12.1 Å². The third kappa shape index (κ3) is 5.24. The molecule has 1 atom stereocenters. The fraction of sp³-hybridized carbons (Fsp3) is 0.120. The number of nitriles is 1. The van der Waals surface area contributed by atoms with E-state index in [0.717, 1.165) is 28.8 Å². The molecule has 3 aromatic rings. The molecule has 0 spiro atoms. The van der Waals surface area contributed by atoms with Crippen LogP contribution >= 0.6 is 0 Å². The minimum absolute atomic E-state index is 0.0949. The maximum atomic E-state index is 12.8. The van der Waals surface area contributed by atoms with Crippen molar-refractivity contribution in [2.24, 2.45) is 4.99 Å². The number of nitrogens with zero attached hydrogens (tertiary/aromatic N) is 2. The Bertz CT molecular complexity index is 1060. The third-order valence-corrected chi connectivity index (χ3v) is 4.71. The minimum atomic E-state index is -4.43. The molecule has 0 saturated carbocycles. The molecule has 30 heavy (non-hydrogen) atoms. The van der Waals surface area contributed by atoms with E-state index in [-0.39, 0.29) is 11.8 Å². The van der Waals surface area contributed by atoms with Crippen LogP contribution in [-0.2, 0) is 12.6 Å². The summed E-state index contributed by atoms with van der Waals surface area (Å²) in [5, 5.41) is 9.64. The Morgan fingerprint density at radius 2 is 1.60 bits per heavy atom. The SMILES string of the molecule is C=Cc1ccc([C@@H](Cc2ccccc2)N=C(C#N)c2ccc(C(F)(F)F)cc2)cc1. The third-order valence-electron chi connectivity index (χ3n) is 4.71. The van der Waals surface area contributed by atoms with Crippen LogP contribution in [0.15, 0.2) is 90.4 Å². The quantitative estimate of drug-likeness (QED) is 0.424. The van der Waals surface area contributed by atoms with E-state index in [2.05, 4.69) is 11.6 Å². The Morgan fingerprint density at radius 1 is 0.967 bits per heavy atom. The average Bonchev–Trinajstić information content (AvgIpc) is 2.77. The molecule has 150 valence electrons. The van der Waals surface area contributed by atoms with Crippen LogP contribution in [0.1, 0.15) is 33.9 Å². The standard InChI is InChI=1S/C25H19F3N2/c1-2-18-8-10-20(11-9-18)23(16-19-6-4-3-5-7-19)30-24(17-29)21-12-14-22(15-13-21)25(26,27)28/h2-15,23H,1,16H2/t23-/m1/s1. The van der Waals surface area contributed by atoms with Gasteiger partial charge in [0.2, 0.25) is 0 Å². The second-order valence-corrected chi connectivity index (χ2v) is 6.74. The first-order valence-corrected chi connectivity index (χ1v) is 9.32. The number of benzene rings is 3. The molecule has 0 unspecified atom stereocenters. The summed E-state index contributed by atoms with van der Waals surface area (Å²) < 4.78 is 38.5. The molecule has 3 rings (SSSR count). The van der Waals surface area contributed by atoms with Crippen molar-refractivity contribution in [3.8, 4) is 6.07 Å². The van der Waals surface area contributed by atoms with E-state index >= 15 is 0 Å². The van der Waals surface area contributed by atoms with Crippen LogP contribution in [0.25, 0.3) is 6.08 Å². The van der Waals surface area contributed by atoms with Gasteiger partial charge in [-0.1, -0.05) is 79.4 Å². The van der Waals surface area contributed by atoms with Crippen LogP contribution in [0.2, 0.25) is 0 Å². The Balaban J connectivity index is 1.99. The van der Waals surface area contributed by atoms with Crippen LogP contribution in [0.4, 0.5) is 13.2 Å². The molecule has 3 aromatic carbocycles. The van der Waals surface area contributed by atoms with Gasteiger partial charge >= 0.3 is 6.18 Å². The molecule has 0 N–H and O–H groups in total. The van der Waals surface area contributed by atoms with E-state index in [1.807, 2.05) is 60.7 Å². The maximum absolute atomic E-state index is 12.8. The molecule has 0 aromatic heterocycles. The lowest BCUT2D eigenvalue weighted by Gasteiger charge is -2.15. The van der Waals surface area contributed by atoms with Crippen LogP contribution in [-0.4, -0.2) is 5.71 Å². The lowest BCUT2D eigenvalue weighted by Crippen LogP contribution is -2.08. The van der Waals surface area contributed by atoms with E-state index < -0.39 is 11.7 Å². The minimum Gasteiger partial charge on any atom is -0.265 e. The average molecular weight is 404 g/mol. The van der Waals surface area contributed by atoms with E-state index in [0.29, 0.717) is 12.0 Å². The molecule has 0 saturated heterocycles. The van der Waals surface area contributed by atoms with Crippen LogP contribution < -0.4 is 0 Å². The van der Waals surface area contributed by atoms with Crippen molar-refractivity contribution in [1.82, 2.24) is 0 Å². The fourth-order valence-electron chi connectivity index (χ4n) is 3.07. The van der Waals surface area contributed by atoms with Gasteiger partial charge in [-0.05, 0) is 35.2 Å². The molecule has 0 aliphatic heterocycles. The van der Waals surface area contributed by atoms with E-state index in [9.17, 15) is 18.4 Å². The first kappa shape index (κ1) is 21.1. The lowest BCUT2D eigenvalue weighted by atomic mass is 9.97. The second kappa shape index (κ2) is 9.23. The van der Waals surface area contributed by atoms with Gasteiger partial charge in [-0.2, -0.15) is 18.4 Å². The summed E-state index contributed by atoms with van der Waals surface area (Å²) in [6, 6.07) is 23.6. The predicted octanol–water partition coefficient (Wildman–Crippen LogP) is 6.65. The molecule has 0 fully saturated rings. The van der Waals surface area contributed by atoms with Crippen LogP contribution in [0, 0.1) is 11.3 Å². The monoisotopic (exact) mass is 404 g/mol. The van der Waals surface area contributed by atoms with Crippen molar-refractivity contribution in [3.63, 3.8) is 0 Å². The van der Waals surface area contributed by atoms with E-state index in [4.69, 9.17) is 0 Å². The molecule has 0 bridgehead atoms. The van der Waals surface area contributed by atoms with Crippen molar-refractivity contribution in [3.05, 3.63) is 113 Å². The molecule has 0 amide bonds. The van der Waals surface area contributed by atoms with Gasteiger partial charge in [0, 0.05) is 5.56 Å². The Kier molecular flexibility index (Phi) is 6.48. The largest absolute Gasteiger partial charge is 0.416 e. The number of alkyl halides is 3. The lowest BCUT2D eigenvalue weighted by molar-refractivity contribution is -0.137. The van der Waals surface area contributed by atoms with Crippen molar-refractivity contribution in [2.45, 2.75) is 18.6 Å². The summed E-state index contributed by atoms with van der Waals surface area (Å²) in [6.45, 7) is 3.75. The summed E-state index contributed by atoms with van der Waals surface area (Å²) in [7, 11) is 0. The zero-order chi connectivity index (χ0) is 21.6. The van der Waals surface area contributed by atoms with Gasteiger partial charge in [0.25, 0.3) is 0 Å². The smallest absolute Gasteiger partial charge is 0.265 e. The van der Waals surface area contributed by atoms with Crippen molar-refractivity contribution in [1.29, 1.82) is 5.26 Å². The Hall–Kier alpha value is -3.65. The Labute approximate surface area is 173 Å². The maximum Gasteiger partial charge on any atom is 0.416 e. The molecule has 0 aliphatic carbocycles. The first-order valence-electron chi connectivity index (χ1n) is 9.32. The van der Waals surface area contributed by atoms with Gasteiger partial charge < -0.3 is 0 Å². The molecule has 2 nitrogen and oxygen atoms in total. The summed E-state index contributed by atoms with van der Waals surface area (Å²) in [5.74, 6) is 0. The molecule has 0 heterocycles. The van der Waals surface area contributed by atoms with Gasteiger partial charge in [0.15, 0.2) is 0 Å². The summed E-state index contributed by atoms with van der Waals surface area (Å²) in [4.78, 5) is 4.63. The number of halogens is 3. The normalized spacial score (nSPS) is 12.8. The summed E-state index contributed by atoms with van der Waals surface area (Å²) in [6.07, 6.45) is -2.13. The molecule has 5 heteroatoms. The molecule has 0 radical (unpaired) electrons. The molecular formula is C25H19F3N2. The predicted molar refractivity (Wildman–Crippen MR) is 113 cm³/mol. The second-order valence-electron chi connectivity index (χ2n) is 6.74. The number of hydrogen-bond donors (Lipinski definition) is 0. The Morgan fingerprint density at radius 3 is 2.13 bits per heavy atom. The molecule has 0 aliphatic rings. The fourth-order valence-corrected chi connectivity index (χ4v) is 3.07. The molecular weight excluding hydrogens is 385 g/mol. The zero-order valence-corrected chi connectivity index (χ0v) is 16.1. The summed E-state index contributed by atoms with van der Waals surface area (Å²) >= 11 is 0. The van der Waals surface area contributed by atoms with Gasteiger partial charge in [0.1, 0.15) is 11.8 Å². The highest BCUT2D eigenvalue weighted by Crippen LogP contribution is 2.30. The van der Waals surface area contributed by atoms with Gasteiger partial charge in [-0.25, -0.2) is 0 Å². The van der Waals surface area contributed by atoms with Gasteiger partial charge in [-0.3, -0.25) is 4.99 Å². The van der Waals surface area contributed by atoms with E-state index in [1.54, 1.807) is 6.08 Å². The highest BCUT2D eigenvalue weighted by Gasteiger charge is 2.30. The number of aliphatic imine (C=N–C) groups is 1. The van der Waals surface area contributed by atoms with Crippen molar-refractivity contribution >= 4 is 11.8 Å². The van der Waals surface area contributed by atoms with Gasteiger partial charge in [-0.15, -0.1) is 0 Å². The van der Waals surface area contributed by atoms with Gasteiger partial charge in [0.05, 0.1) is 11.6 Å². The first-order chi connectivity index (χ1) is 14.4. The topological polar surface area (TPSA) is 36.1 Å². The number of hydrogen-bond acceptors (Lipinski definition) is 2. The van der Waals surface area contributed by atoms with Crippen molar-refractivity contribution < 1.29 is 13.2 Å².